The lowest BCUT2D eigenvalue weighted by Crippen LogP contribution is -2.21. The molecule has 0 unspecified atom stereocenters. The van der Waals surface area contributed by atoms with Gasteiger partial charge in [0, 0.05) is 23.2 Å². The molecule has 2 amide bonds. The van der Waals surface area contributed by atoms with Gasteiger partial charge in [0.05, 0.1) is 45.1 Å². The lowest BCUT2D eigenvalue weighted by Gasteiger charge is -2.14. The molecule has 3 heterocycles. The van der Waals surface area contributed by atoms with Crippen LogP contribution in [-0.2, 0) is 12.0 Å². The van der Waals surface area contributed by atoms with E-state index in [1.807, 2.05) is 49.4 Å². The Kier molecular flexibility index (Phi) is 7.01. The number of hydrogen-bond acceptors (Lipinski definition) is 7. The number of fused-ring (bicyclic) bond motifs is 3. The van der Waals surface area contributed by atoms with E-state index in [-0.39, 0.29) is 22.8 Å². The molecule has 0 saturated carbocycles. The number of benzene rings is 3. The fourth-order valence-electron chi connectivity index (χ4n) is 4.41. The van der Waals surface area contributed by atoms with Crippen molar-refractivity contribution in [2.75, 3.05) is 10.6 Å². The van der Waals surface area contributed by atoms with Gasteiger partial charge in [-0.25, -0.2) is 14.5 Å². The van der Waals surface area contributed by atoms with E-state index < -0.39 is 6.03 Å². The van der Waals surface area contributed by atoms with E-state index in [1.54, 1.807) is 47.3 Å². The number of ether oxygens (including phenoxy) is 1. The standard InChI is InChI=1S/C30H27ClN6O4S/c1-30(2,3)26-14-27(37(35-26)18-6-11-24(39)22(31)12-18)34-28(40)33-17-4-7-20(8-5-17)41-21-9-10-23-25(13-21)42-29-32-15-19(16-38)36(23)29/h4-15,38-39H,16H2,1-3H3,(H2,33,34,40). The number of amides is 2. The number of rotatable bonds is 6. The van der Waals surface area contributed by atoms with E-state index in [0.717, 1.165) is 26.6 Å². The number of aromatic hydroxyl groups is 1. The summed E-state index contributed by atoms with van der Waals surface area (Å²) in [5, 5.41) is 30.0. The highest BCUT2D eigenvalue weighted by atomic mass is 35.5. The molecule has 0 aliphatic carbocycles. The number of anilines is 2. The fourth-order valence-corrected chi connectivity index (χ4v) is 5.64. The maximum atomic E-state index is 13.0. The molecule has 0 saturated heterocycles. The zero-order chi connectivity index (χ0) is 29.6. The minimum atomic E-state index is -0.453. The number of carbonyl (C=O) groups excluding carboxylic acids is 1. The molecule has 6 rings (SSSR count). The summed E-state index contributed by atoms with van der Waals surface area (Å²) in [7, 11) is 0. The number of aliphatic hydroxyl groups excluding tert-OH is 1. The Bertz CT molecular complexity index is 1940. The van der Waals surface area contributed by atoms with Crippen LogP contribution < -0.4 is 15.4 Å². The fraction of sp³-hybridized carbons (Fsp3) is 0.167. The summed E-state index contributed by atoms with van der Waals surface area (Å²) in [6, 6.07) is 18.9. The third-order valence-electron chi connectivity index (χ3n) is 6.58. The average Bonchev–Trinajstić information content (AvgIpc) is 3.65. The van der Waals surface area contributed by atoms with Crippen molar-refractivity contribution in [3.05, 3.63) is 89.3 Å². The van der Waals surface area contributed by atoms with Crippen molar-refractivity contribution in [3.63, 3.8) is 0 Å². The SMILES string of the molecule is CC(C)(C)c1cc(NC(=O)Nc2ccc(Oc3ccc4c(c3)sc3ncc(CO)n34)cc2)n(-c2ccc(O)c(Cl)c2)n1. The van der Waals surface area contributed by atoms with Crippen molar-refractivity contribution in [1.82, 2.24) is 19.2 Å². The molecule has 3 aromatic carbocycles. The number of nitrogens with zero attached hydrogens (tertiary/aromatic N) is 4. The summed E-state index contributed by atoms with van der Waals surface area (Å²) < 4.78 is 10.6. The van der Waals surface area contributed by atoms with Crippen molar-refractivity contribution in [3.8, 4) is 22.9 Å². The number of carbonyl (C=O) groups is 1. The van der Waals surface area contributed by atoms with E-state index in [1.165, 1.54) is 17.4 Å². The molecule has 0 fully saturated rings. The first-order chi connectivity index (χ1) is 20.1. The molecule has 6 aromatic rings. The number of phenols is 1. The predicted octanol–water partition coefficient (Wildman–Crippen LogP) is 7.32. The topological polar surface area (TPSA) is 126 Å². The number of nitrogens with one attached hydrogen (secondary N) is 2. The van der Waals surface area contributed by atoms with E-state index in [2.05, 4.69) is 20.7 Å². The summed E-state index contributed by atoms with van der Waals surface area (Å²) in [6.45, 7) is 6.00. The first-order valence-corrected chi connectivity index (χ1v) is 14.2. The lowest BCUT2D eigenvalue weighted by atomic mass is 9.92. The molecule has 214 valence electrons. The Balaban J connectivity index is 1.16. The summed E-state index contributed by atoms with van der Waals surface area (Å²) >= 11 is 7.64. The number of imidazole rings is 1. The smallest absolute Gasteiger partial charge is 0.324 e. The number of urea groups is 1. The van der Waals surface area contributed by atoms with Crippen molar-refractivity contribution in [2.45, 2.75) is 32.8 Å². The molecule has 0 atom stereocenters. The molecule has 4 N–H and O–H groups in total. The van der Waals surface area contributed by atoms with E-state index >= 15 is 0 Å². The Morgan fingerprint density at radius 3 is 2.50 bits per heavy atom. The molecule has 10 nitrogen and oxygen atoms in total. The van der Waals surface area contributed by atoms with Crippen LogP contribution in [0.25, 0.3) is 20.9 Å². The van der Waals surface area contributed by atoms with Crippen LogP contribution in [0.15, 0.2) is 72.9 Å². The highest BCUT2D eigenvalue weighted by Crippen LogP contribution is 2.33. The summed E-state index contributed by atoms with van der Waals surface area (Å²) in [4.78, 5) is 18.1. The van der Waals surface area contributed by atoms with Gasteiger partial charge < -0.3 is 20.3 Å². The quantitative estimate of drug-likeness (QED) is 0.158. The van der Waals surface area contributed by atoms with Gasteiger partial charge in [-0.05, 0) is 54.6 Å². The Morgan fingerprint density at radius 2 is 1.79 bits per heavy atom. The Hall–Kier alpha value is -4.58. The monoisotopic (exact) mass is 602 g/mol. The molecule has 3 aromatic heterocycles. The van der Waals surface area contributed by atoms with Gasteiger partial charge in [-0.15, -0.1) is 0 Å². The maximum Gasteiger partial charge on any atom is 0.324 e. The van der Waals surface area contributed by atoms with Gasteiger partial charge >= 0.3 is 6.03 Å². The van der Waals surface area contributed by atoms with Gasteiger partial charge in [0.15, 0.2) is 4.96 Å². The lowest BCUT2D eigenvalue weighted by molar-refractivity contribution is 0.262. The predicted molar refractivity (Wildman–Crippen MR) is 165 cm³/mol. The molecule has 0 aliphatic heterocycles. The highest BCUT2D eigenvalue weighted by molar-refractivity contribution is 7.23. The second-order valence-electron chi connectivity index (χ2n) is 10.7. The van der Waals surface area contributed by atoms with Crippen LogP contribution in [0.4, 0.5) is 16.3 Å². The van der Waals surface area contributed by atoms with Crippen LogP contribution in [0, 0.1) is 0 Å². The van der Waals surface area contributed by atoms with Gasteiger partial charge in [-0.2, -0.15) is 5.10 Å². The van der Waals surface area contributed by atoms with Crippen LogP contribution in [0.3, 0.4) is 0 Å². The zero-order valence-electron chi connectivity index (χ0n) is 22.9. The third-order valence-corrected chi connectivity index (χ3v) is 7.90. The molecule has 0 aliphatic rings. The molecular formula is C30H27ClN6O4S. The van der Waals surface area contributed by atoms with Crippen LogP contribution in [0.5, 0.6) is 17.2 Å². The summed E-state index contributed by atoms with van der Waals surface area (Å²) in [5.41, 5.74) is 3.36. The maximum absolute atomic E-state index is 13.0. The zero-order valence-corrected chi connectivity index (χ0v) is 24.5. The first-order valence-electron chi connectivity index (χ1n) is 13.0. The van der Waals surface area contributed by atoms with Crippen LogP contribution in [0.1, 0.15) is 32.2 Å². The minimum absolute atomic E-state index is 0.0392. The van der Waals surface area contributed by atoms with Crippen LogP contribution in [0.2, 0.25) is 5.02 Å². The van der Waals surface area contributed by atoms with Crippen LogP contribution in [-0.4, -0.2) is 35.4 Å². The largest absolute Gasteiger partial charge is 0.506 e. The Morgan fingerprint density at radius 1 is 1.02 bits per heavy atom. The molecule has 0 bridgehead atoms. The third kappa shape index (κ3) is 5.37. The molecular weight excluding hydrogens is 576 g/mol. The molecule has 42 heavy (non-hydrogen) atoms. The van der Waals surface area contributed by atoms with E-state index in [9.17, 15) is 15.0 Å². The average molecular weight is 603 g/mol. The number of halogens is 1. The van der Waals surface area contributed by atoms with E-state index in [4.69, 9.17) is 16.3 Å². The first kappa shape index (κ1) is 27.6. The second kappa shape index (κ2) is 10.7. The van der Waals surface area contributed by atoms with Gasteiger partial charge in [-0.1, -0.05) is 43.7 Å². The van der Waals surface area contributed by atoms with Crippen molar-refractivity contribution in [1.29, 1.82) is 0 Å². The minimum Gasteiger partial charge on any atom is -0.506 e. The van der Waals surface area contributed by atoms with E-state index in [0.29, 0.717) is 28.7 Å². The van der Waals surface area contributed by atoms with Crippen molar-refractivity contribution < 1.29 is 19.7 Å². The summed E-state index contributed by atoms with van der Waals surface area (Å²) in [6.07, 6.45) is 1.68. The van der Waals surface area contributed by atoms with Gasteiger partial charge in [-0.3, -0.25) is 9.72 Å². The number of aliphatic hydroxyl groups is 1. The summed E-state index contributed by atoms with van der Waals surface area (Å²) in [5.74, 6) is 1.67. The van der Waals surface area contributed by atoms with Gasteiger partial charge in [0.1, 0.15) is 23.1 Å². The number of hydrogen-bond donors (Lipinski definition) is 4. The molecule has 0 radical (unpaired) electrons. The van der Waals surface area contributed by atoms with Crippen molar-refractivity contribution >= 4 is 55.7 Å². The van der Waals surface area contributed by atoms with Gasteiger partial charge in [0.2, 0.25) is 0 Å². The van der Waals surface area contributed by atoms with Crippen LogP contribution >= 0.6 is 22.9 Å². The number of thiazole rings is 1. The van der Waals surface area contributed by atoms with Gasteiger partial charge in [0.25, 0.3) is 0 Å². The number of aromatic nitrogens is 4. The Labute approximate surface area is 249 Å². The molecule has 12 heteroatoms. The number of phenolic OH excluding ortho intramolecular Hbond substituents is 1. The normalized spacial score (nSPS) is 11.7. The highest BCUT2D eigenvalue weighted by Gasteiger charge is 2.22. The van der Waals surface area contributed by atoms with Crippen molar-refractivity contribution in [2.24, 2.45) is 0 Å². The second-order valence-corrected chi connectivity index (χ2v) is 12.1. The molecule has 0 spiro atoms.